The molecule has 2 rings (SSSR count). The van der Waals surface area contributed by atoms with Crippen LogP contribution in [0.1, 0.15) is 30.6 Å². The molecule has 0 amide bonds. The van der Waals surface area contributed by atoms with Gasteiger partial charge in [-0.3, -0.25) is 0 Å². The summed E-state index contributed by atoms with van der Waals surface area (Å²) in [5.41, 5.74) is 0.0355. The summed E-state index contributed by atoms with van der Waals surface area (Å²) in [6, 6.07) is 3.86. The molecule has 102 valence electrons. The number of benzene rings is 1. The van der Waals surface area contributed by atoms with Gasteiger partial charge >= 0.3 is 0 Å². The summed E-state index contributed by atoms with van der Waals surface area (Å²) >= 11 is 3.33. The van der Waals surface area contributed by atoms with E-state index in [1.54, 1.807) is 0 Å². The summed E-state index contributed by atoms with van der Waals surface area (Å²) in [7, 11) is 0. The maximum absolute atomic E-state index is 13.6. The lowest BCUT2D eigenvalue weighted by molar-refractivity contribution is 0.552. The van der Waals surface area contributed by atoms with E-state index in [2.05, 4.69) is 26.1 Å². The maximum Gasteiger partial charge on any atom is 0.143 e. The third-order valence-electron chi connectivity index (χ3n) is 2.87. The summed E-state index contributed by atoms with van der Waals surface area (Å²) in [5.74, 6) is 0.256. The molecule has 0 bridgehead atoms. The van der Waals surface area contributed by atoms with Crippen LogP contribution in [0.3, 0.4) is 0 Å². The summed E-state index contributed by atoms with van der Waals surface area (Å²) in [5, 5.41) is 8.63. The van der Waals surface area contributed by atoms with Crippen molar-refractivity contribution in [1.29, 1.82) is 0 Å². The van der Waals surface area contributed by atoms with Gasteiger partial charge in [0.05, 0.1) is 5.33 Å². The molecule has 0 saturated carbocycles. The van der Waals surface area contributed by atoms with E-state index in [9.17, 15) is 8.78 Å². The molecule has 0 aliphatic carbocycles. The van der Waals surface area contributed by atoms with Crippen molar-refractivity contribution in [2.24, 2.45) is 0 Å². The predicted molar refractivity (Wildman–Crippen MR) is 72.1 cm³/mol. The standard InChI is InChI=1S/C13H14BrF2N3/c1-2-6-19-12(17-18-13(19)8-14)7-9-10(15)4-3-5-11(9)16/h3-5H,2,6-8H2,1H3. The summed E-state index contributed by atoms with van der Waals surface area (Å²) in [6.07, 6.45) is 1.02. The molecule has 0 saturated heterocycles. The normalized spacial score (nSPS) is 10.9. The molecule has 0 fully saturated rings. The van der Waals surface area contributed by atoms with Gasteiger partial charge in [-0.2, -0.15) is 0 Å². The molecule has 2 aromatic rings. The topological polar surface area (TPSA) is 30.7 Å². The Bertz CT molecular complexity index is 549. The molecule has 0 spiro atoms. The fourth-order valence-corrected chi connectivity index (χ4v) is 2.36. The van der Waals surface area contributed by atoms with Gasteiger partial charge in [0.2, 0.25) is 0 Å². The van der Waals surface area contributed by atoms with Gasteiger partial charge in [-0.25, -0.2) is 8.78 Å². The first kappa shape index (κ1) is 14.1. The minimum absolute atomic E-state index is 0.0355. The minimum atomic E-state index is -0.550. The Balaban J connectivity index is 2.35. The zero-order valence-electron chi connectivity index (χ0n) is 10.5. The van der Waals surface area contributed by atoms with Gasteiger partial charge in [-0.15, -0.1) is 10.2 Å². The van der Waals surface area contributed by atoms with Crippen molar-refractivity contribution in [3.63, 3.8) is 0 Å². The number of hydrogen-bond acceptors (Lipinski definition) is 2. The van der Waals surface area contributed by atoms with Gasteiger partial charge in [-0.05, 0) is 18.6 Å². The highest BCUT2D eigenvalue weighted by Crippen LogP contribution is 2.17. The first-order valence-electron chi connectivity index (χ1n) is 6.07. The highest BCUT2D eigenvalue weighted by molar-refractivity contribution is 9.08. The zero-order valence-corrected chi connectivity index (χ0v) is 12.1. The largest absolute Gasteiger partial charge is 0.314 e. The number of aromatic nitrogens is 3. The molecular formula is C13H14BrF2N3. The molecule has 19 heavy (non-hydrogen) atoms. The summed E-state index contributed by atoms with van der Waals surface area (Å²) in [4.78, 5) is 0. The molecule has 6 heteroatoms. The molecule has 0 atom stereocenters. The molecule has 1 aromatic heterocycles. The SMILES string of the molecule is CCCn1c(CBr)nnc1Cc1c(F)cccc1F. The van der Waals surface area contributed by atoms with Crippen LogP contribution in [0, 0.1) is 11.6 Å². The van der Waals surface area contributed by atoms with Crippen LogP contribution in [0.2, 0.25) is 0 Å². The van der Waals surface area contributed by atoms with Crippen molar-refractivity contribution in [2.45, 2.75) is 31.6 Å². The van der Waals surface area contributed by atoms with Crippen molar-refractivity contribution >= 4 is 15.9 Å². The van der Waals surface area contributed by atoms with E-state index in [0.717, 1.165) is 18.8 Å². The van der Waals surface area contributed by atoms with Crippen LogP contribution in [0.15, 0.2) is 18.2 Å². The van der Waals surface area contributed by atoms with Crippen molar-refractivity contribution in [1.82, 2.24) is 14.8 Å². The van der Waals surface area contributed by atoms with Crippen LogP contribution in [0.25, 0.3) is 0 Å². The lowest BCUT2D eigenvalue weighted by atomic mass is 10.1. The maximum atomic E-state index is 13.6. The van der Waals surface area contributed by atoms with E-state index < -0.39 is 11.6 Å². The van der Waals surface area contributed by atoms with E-state index >= 15 is 0 Å². The van der Waals surface area contributed by atoms with Crippen LogP contribution in [-0.4, -0.2) is 14.8 Å². The fourth-order valence-electron chi connectivity index (χ4n) is 1.94. The van der Waals surface area contributed by atoms with Gasteiger partial charge < -0.3 is 4.57 Å². The highest BCUT2D eigenvalue weighted by Gasteiger charge is 2.15. The first-order chi connectivity index (χ1) is 9.17. The third-order valence-corrected chi connectivity index (χ3v) is 3.37. The second-order valence-electron chi connectivity index (χ2n) is 4.19. The minimum Gasteiger partial charge on any atom is -0.314 e. The van der Waals surface area contributed by atoms with Crippen molar-refractivity contribution < 1.29 is 8.78 Å². The molecule has 0 radical (unpaired) electrons. The van der Waals surface area contributed by atoms with Gasteiger partial charge in [0.15, 0.2) is 0 Å². The predicted octanol–water partition coefficient (Wildman–Crippen LogP) is 3.45. The Kier molecular flexibility index (Phi) is 4.63. The lowest BCUT2D eigenvalue weighted by Gasteiger charge is -2.09. The van der Waals surface area contributed by atoms with Crippen LogP contribution in [0.5, 0.6) is 0 Å². The molecule has 3 nitrogen and oxygen atoms in total. The van der Waals surface area contributed by atoms with Gasteiger partial charge in [0.25, 0.3) is 0 Å². The van der Waals surface area contributed by atoms with Gasteiger partial charge in [0, 0.05) is 18.5 Å². The highest BCUT2D eigenvalue weighted by atomic mass is 79.9. The Labute approximate surface area is 118 Å². The van der Waals surface area contributed by atoms with Crippen LogP contribution in [0.4, 0.5) is 8.78 Å². The third kappa shape index (κ3) is 3.00. The quantitative estimate of drug-likeness (QED) is 0.786. The number of alkyl halides is 1. The van der Waals surface area contributed by atoms with Crippen molar-refractivity contribution in [3.05, 3.63) is 47.0 Å². The Morgan fingerprint density at radius 1 is 1.16 bits per heavy atom. The Hall–Kier alpha value is -1.30. The smallest absolute Gasteiger partial charge is 0.143 e. The number of hydrogen-bond donors (Lipinski definition) is 0. The molecular weight excluding hydrogens is 316 g/mol. The van der Waals surface area contributed by atoms with E-state index in [1.807, 2.05) is 11.5 Å². The Morgan fingerprint density at radius 3 is 2.37 bits per heavy atom. The second-order valence-corrected chi connectivity index (χ2v) is 4.76. The number of halogens is 3. The van der Waals surface area contributed by atoms with Crippen molar-refractivity contribution in [3.8, 4) is 0 Å². The van der Waals surface area contributed by atoms with Crippen LogP contribution in [-0.2, 0) is 18.3 Å². The van der Waals surface area contributed by atoms with E-state index in [4.69, 9.17) is 0 Å². The van der Waals surface area contributed by atoms with Gasteiger partial charge in [0.1, 0.15) is 23.3 Å². The Morgan fingerprint density at radius 2 is 1.79 bits per heavy atom. The molecule has 0 aliphatic heterocycles. The average Bonchev–Trinajstić information content (AvgIpc) is 2.77. The van der Waals surface area contributed by atoms with E-state index in [-0.39, 0.29) is 12.0 Å². The number of nitrogens with zero attached hydrogens (tertiary/aromatic N) is 3. The molecule has 0 aliphatic rings. The lowest BCUT2D eigenvalue weighted by Crippen LogP contribution is -2.09. The van der Waals surface area contributed by atoms with E-state index in [1.165, 1.54) is 18.2 Å². The first-order valence-corrected chi connectivity index (χ1v) is 7.19. The van der Waals surface area contributed by atoms with Crippen molar-refractivity contribution in [2.75, 3.05) is 0 Å². The average molecular weight is 330 g/mol. The second kappa shape index (κ2) is 6.23. The molecule has 1 aromatic carbocycles. The molecule has 1 heterocycles. The molecule has 0 N–H and O–H groups in total. The van der Waals surface area contributed by atoms with Gasteiger partial charge in [-0.1, -0.05) is 28.9 Å². The van der Waals surface area contributed by atoms with E-state index in [0.29, 0.717) is 11.2 Å². The zero-order chi connectivity index (χ0) is 13.8. The fraction of sp³-hybridized carbons (Fsp3) is 0.385. The van der Waals surface area contributed by atoms with Crippen LogP contribution < -0.4 is 0 Å². The summed E-state index contributed by atoms with van der Waals surface area (Å²) < 4.78 is 29.2. The summed E-state index contributed by atoms with van der Waals surface area (Å²) in [6.45, 7) is 2.77. The number of rotatable bonds is 5. The molecule has 0 unspecified atom stereocenters. The monoisotopic (exact) mass is 329 g/mol. The van der Waals surface area contributed by atoms with Crippen LogP contribution >= 0.6 is 15.9 Å².